The van der Waals surface area contributed by atoms with Crippen molar-refractivity contribution in [2.24, 2.45) is 4.99 Å². The number of hydrogen-bond donors (Lipinski definition) is 1. The zero-order valence-electron chi connectivity index (χ0n) is 12.6. The van der Waals surface area contributed by atoms with E-state index in [-0.39, 0.29) is 29.8 Å². The van der Waals surface area contributed by atoms with E-state index in [0.717, 1.165) is 23.8 Å². The molecular formula is C15H20FIN4O. The van der Waals surface area contributed by atoms with Crippen molar-refractivity contribution < 1.29 is 8.91 Å². The minimum absolute atomic E-state index is 0. The molecule has 1 N–H and O–H groups in total. The highest BCUT2D eigenvalue weighted by atomic mass is 127. The van der Waals surface area contributed by atoms with Crippen molar-refractivity contribution in [3.8, 4) is 0 Å². The van der Waals surface area contributed by atoms with Gasteiger partial charge in [-0.2, -0.15) is 0 Å². The Kier molecular flexibility index (Phi) is 7.86. The van der Waals surface area contributed by atoms with Crippen LogP contribution in [0.25, 0.3) is 0 Å². The van der Waals surface area contributed by atoms with E-state index in [2.05, 4.69) is 15.5 Å². The molecule has 0 bridgehead atoms. The maximum Gasteiger partial charge on any atom is 0.194 e. The Hall–Kier alpha value is -1.64. The van der Waals surface area contributed by atoms with Gasteiger partial charge in [0.25, 0.3) is 0 Å². The van der Waals surface area contributed by atoms with Gasteiger partial charge < -0.3 is 14.7 Å². The average molecular weight is 418 g/mol. The van der Waals surface area contributed by atoms with Gasteiger partial charge in [-0.15, -0.1) is 24.0 Å². The highest BCUT2D eigenvalue weighted by molar-refractivity contribution is 14.0. The summed E-state index contributed by atoms with van der Waals surface area (Å²) in [6.07, 6.45) is 1.52. The summed E-state index contributed by atoms with van der Waals surface area (Å²) in [5, 5.41) is 7.03. The Morgan fingerprint density at radius 3 is 2.86 bits per heavy atom. The van der Waals surface area contributed by atoms with E-state index in [0.29, 0.717) is 13.1 Å². The molecule has 0 fully saturated rings. The van der Waals surface area contributed by atoms with Crippen LogP contribution >= 0.6 is 24.0 Å². The number of halogens is 2. The predicted molar refractivity (Wildman–Crippen MR) is 94.6 cm³/mol. The van der Waals surface area contributed by atoms with Gasteiger partial charge >= 0.3 is 0 Å². The third kappa shape index (κ3) is 5.63. The largest absolute Gasteiger partial charge is 0.364 e. The van der Waals surface area contributed by atoms with Crippen molar-refractivity contribution >= 4 is 29.9 Å². The van der Waals surface area contributed by atoms with E-state index in [1.165, 1.54) is 18.4 Å². The maximum atomic E-state index is 13.2. The van der Waals surface area contributed by atoms with Crippen LogP contribution in [0.3, 0.4) is 0 Å². The van der Waals surface area contributed by atoms with E-state index in [1.54, 1.807) is 12.1 Å². The Balaban J connectivity index is 0.00000242. The molecule has 5 nitrogen and oxygen atoms in total. The van der Waals surface area contributed by atoms with Crippen molar-refractivity contribution in [3.63, 3.8) is 0 Å². The molecule has 2 aromatic rings. The molecule has 0 radical (unpaired) electrons. The van der Waals surface area contributed by atoms with Gasteiger partial charge in [-0.3, -0.25) is 0 Å². The Morgan fingerprint density at radius 2 is 2.23 bits per heavy atom. The number of hydrogen-bond acceptors (Lipinski definition) is 3. The monoisotopic (exact) mass is 418 g/mol. The smallest absolute Gasteiger partial charge is 0.194 e. The summed E-state index contributed by atoms with van der Waals surface area (Å²) < 4.78 is 18.0. The molecule has 1 aromatic carbocycles. The molecule has 0 aliphatic rings. The third-order valence-corrected chi connectivity index (χ3v) is 2.89. The first-order chi connectivity index (χ1) is 10.2. The number of nitrogens with zero attached hydrogens (tertiary/aromatic N) is 3. The lowest BCUT2D eigenvalue weighted by Gasteiger charge is -2.22. The summed E-state index contributed by atoms with van der Waals surface area (Å²) in [5.74, 6) is 0.509. The topological polar surface area (TPSA) is 53.7 Å². The van der Waals surface area contributed by atoms with Crippen LogP contribution in [-0.4, -0.2) is 29.6 Å². The van der Waals surface area contributed by atoms with Gasteiger partial charge in [0, 0.05) is 26.2 Å². The van der Waals surface area contributed by atoms with Crippen LogP contribution in [0, 0.1) is 5.82 Å². The molecule has 0 saturated heterocycles. The fourth-order valence-electron chi connectivity index (χ4n) is 1.93. The molecule has 0 aliphatic heterocycles. The predicted octanol–water partition coefficient (Wildman–Crippen LogP) is 3.03. The molecule has 0 aliphatic carbocycles. The number of rotatable bonds is 5. The Labute approximate surface area is 146 Å². The quantitative estimate of drug-likeness (QED) is 0.461. The average Bonchev–Trinajstić information content (AvgIpc) is 2.96. The maximum absolute atomic E-state index is 13.2. The molecule has 22 heavy (non-hydrogen) atoms. The number of benzene rings is 1. The van der Waals surface area contributed by atoms with Crippen LogP contribution in [0.1, 0.15) is 18.2 Å². The number of guanidine groups is 1. The molecule has 1 heterocycles. The summed E-state index contributed by atoms with van der Waals surface area (Å²) in [4.78, 5) is 6.43. The van der Waals surface area contributed by atoms with E-state index in [1.807, 2.05) is 24.9 Å². The van der Waals surface area contributed by atoms with Crippen molar-refractivity contribution in [1.29, 1.82) is 0 Å². The highest BCUT2D eigenvalue weighted by Gasteiger charge is 2.07. The van der Waals surface area contributed by atoms with E-state index < -0.39 is 0 Å². The summed E-state index contributed by atoms with van der Waals surface area (Å²) >= 11 is 0. The number of aliphatic imine (C=N–C) groups is 1. The Bertz CT molecular complexity index is 589. The van der Waals surface area contributed by atoms with Gasteiger partial charge in [-0.25, -0.2) is 9.38 Å². The van der Waals surface area contributed by atoms with Crippen LogP contribution in [0.2, 0.25) is 0 Å². The van der Waals surface area contributed by atoms with Crippen molar-refractivity contribution in [2.45, 2.75) is 20.0 Å². The van der Waals surface area contributed by atoms with Gasteiger partial charge in [0.2, 0.25) is 0 Å². The second kappa shape index (κ2) is 9.39. The Morgan fingerprint density at radius 1 is 1.41 bits per heavy atom. The number of aromatic nitrogens is 1. The molecule has 0 spiro atoms. The minimum Gasteiger partial charge on any atom is -0.364 e. The van der Waals surface area contributed by atoms with Gasteiger partial charge in [0.1, 0.15) is 17.8 Å². The van der Waals surface area contributed by atoms with E-state index >= 15 is 0 Å². The lowest BCUT2D eigenvalue weighted by molar-refractivity contribution is 0.411. The molecule has 0 amide bonds. The van der Waals surface area contributed by atoms with Crippen LogP contribution in [-0.2, 0) is 13.1 Å². The molecule has 120 valence electrons. The van der Waals surface area contributed by atoms with E-state index in [9.17, 15) is 4.39 Å². The molecule has 0 atom stereocenters. The van der Waals surface area contributed by atoms with Gasteiger partial charge in [0.15, 0.2) is 5.96 Å². The third-order valence-electron chi connectivity index (χ3n) is 2.89. The zero-order valence-corrected chi connectivity index (χ0v) is 15.0. The van der Waals surface area contributed by atoms with Gasteiger partial charge in [0.05, 0.1) is 6.54 Å². The molecule has 0 unspecified atom stereocenters. The molecule has 0 saturated carbocycles. The zero-order chi connectivity index (χ0) is 15.1. The second-order valence-electron chi connectivity index (χ2n) is 4.65. The first-order valence-corrected chi connectivity index (χ1v) is 6.82. The lowest BCUT2D eigenvalue weighted by Crippen LogP contribution is -2.38. The van der Waals surface area contributed by atoms with Gasteiger partial charge in [-0.05, 0) is 24.6 Å². The first kappa shape index (κ1) is 18.4. The summed E-state index contributed by atoms with van der Waals surface area (Å²) in [6, 6.07) is 8.34. The van der Waals surface area contributed by atoms with Crippen LogP contribution in [0.5, 0.6) is 0 Å². The van der Waals surface area contributed by atoms with Crippen LogP contribution < -0.4 is 5.32 Å². The second-order valence-corrected chi connectivity index (χ2v) is 4.65. The SMILES string of the molecule is CCNC(=NCc1ccon1)N(C)Cc1cccc(F)c1.I. The molecule has 7 heteroatoms. The molecule has 2 rings (SSSR count). The number of nitrogens with one attached hydrogen (secondary N) is 1. The molecule has 1 aromatic heterocycles. The molecular weight excluding hydrogens is 398 g/mol. The fourth-order valence-corrected chi connectivity index (χ4v) is 1.93. The summed E-state index contributed by atoms with van der Waals surface area (Å²) in [5.41, 5.74) is 1.66. The van der Waals surface area contributed by atoms with Crippen molar-refractivity contribution in [3.05, 3.63) is 53.7 Å². The minimum atomic E-state index is -0.231. The summed E-state index contributed by atoms with van der Waals surface area (Å²) in [7, 11) is 1.91. The first-order valence-electron chi connectivity index (χ1n) is 6.82. The van der Waals surface area contributed by atoms with Crippen molar-refractivity contribution in [2.75, 3.05) is 13.6 Å². The van der Waals surface area contributed by atoms with Crippen molar-refractivity contribution in [1.82, 2.24) is 15.4 Å². The normalized spacial score (nSPS) is 11.0. The van der Waals surface area contributed by atoms with Crippen LogP contribution in [0.15, 0.2) is 46.1 Å². The highest BCUT2D eigenvalue weighted by Crippen LogP contribution is 2.07. The standard InChI is InChI=1S/C15H19FN4O.HI/c1-3-17-15(18-10-14-7-8-21-19-14)20(2)11-12-5-4-6-13(16)9-12;/h4-9H,3,10-11H2,1-2H3,(H,17,18);1H. The fraction of sp³-hybridized carbons (Fsp3) is 0.333. The van der Waals surface area contributed by atoms with Crippen LogP contribution in [0.4, 0.5) is 4.39 Å². The van der Waals surface area contributed by atoms with Gasteiger partial charge in [-0.1, -0.05) is 17.3 Å². The van der Waals surface area contributed by atoms with E-state index in [4.69, 9.17) is 4.52 Å². The summed E-state index contributed by atoms with van der Waals surface area (Å²) in [6.45, 7) is 3.77. The lowest BCUT2D eigenvalue weighted by atomic mass is 10.2.